The van der Waals surface area contributed by atoms with Gasteiger partial charge in [-0.05, 0) is 37.9 Å². The zero-order valence-electron chi connectivity index (χ0n) is 12.0. The summed E-state index contributed by atoms with van der Waals surface area (Å²) in [5.41, 5.74) is 3.71. The van der Waals surface area contributed by atoms with Gasteiger partial charge in [-0.15, -0.1) is 10.2 Å². The summed E-state index contributed by atoms with van der Waals surface area (Å²) in [6, 6.07) is 6.45. The van der Waals surface area contributed by atoms with Crippen molar-refractivity contribution in [1.29, 1.82) is 0 Å². The molecule has 2 rings (SSSR count). The molecule has 0 amide bonds. The van der Waals surface area contributed by atoms with Crippen molar-refractivity contribution in [3.8, 4) is 10.6 Å². The molecular formula is C15H21N3S. The summed E-state index contributed by atoms with van der Waals surface area (Å²) in [6.07, 6.45) is 0. The summed E-state index contributed by atoms with van der Waals surface area (Å²) in [5, 5.41) is 14.0. The van der Waals surface area contributed by atoms with Crippen LogP contribution in [0.3, 0.4) is 0 Å². The highest BCUT2D eigenvalue weighted by atomic mass is 32.1. The molecule has 0 unspecified atom stereocenters. The number of aromatic nitrogens is 2. The van der Waals surface area contributed by atoms with Gasteiger partial charge in [0.1, 0.15) is 10.0 Å². The molecule has 2 aromatic rings. The van der Waals surface area contributed by atoms with E-state index in [9.17, 15) is 0 Å². The Hall–Kier alpha value is -1.26. The van der Waals surface area contributed by atoms with Crippen LogP contribution in [0.2, 0.25) is 0 Å². The van der Waals surface area contributed by atoms with Crippen LogP contribution in [-0.4, -0.2) is 16.7 Å². The van der Waals surface area contributed by atoms with Crippen molar-refractivity contribution in [2.45, 2.75) is 34.2 Å². The van der Waals surface area contributed by atoms with Gasteiger partial charge in [0.15, 0.2) is 0 Å². The lowest BCUT2D eigenvalue weighted by atomic mass is 10.1. The molecule has 0 saturated carbocycles. The predicted octanol–water partition coefficient (Wildman–Crippen LogP) is 3.57. The Bertz CT molecular complexity index is 546. The van der Waals surface area contributed by atoms with Crippen LogP contribution in [0.4, 0.5) is 0 Å². The minimum atomic E-state index is 0.659. The minimum Gasteiger partial charge on any atom is -0.310 e. The number of rotatable bonds is 5. The van der Waals surface area contributed by atoms with Crippen LogP contribution in [0.15, 0.2) is 18.2 Å². The van der Waals surface area contributed by atoms with Crippen LogP contribution in [0, 0.1) is 19.8 Å². The minimum absolute atomic E-state index is 0.659. The third kappa shape index (κ3) is 3.85. The Kier molecular flexibility index (Phi) is 4.66. The number of hydrogen-bond donors (Lipinski definition) is 1. The van der Waals surface area contributed by atoms with Crippen molar-refractivity contribution in [3.63, 3.8) is 0 Å². The molecule has 4 heteroatoms. The number of aryl methyl sites for hydroxylation is 2. The van der Waals surface area contributed by atoms with Crippen LogP contribution in [0.5, 0.6) is 0 Å². The molecule has 0 aliphatic carbocycles. The van der Waals surface area contributed by atoms with Crippen molar-refractivity contribution >= 4 is 11.3 Å². The molecule has 19 heavy (non-hydrogen) atoms. The lowest BCUT2D eigenvalue weighted by Gasteiger charge is -2.04. The summed E-state index contributed by atoms with van der Waals surface area (Å²) in [4.78, 5) is 0. The van der Waals surface area contributed by atoms with Gasteiger partial charge in [0.2, 0.25) is 0 Å². The van der Waals surface area contributed by atoms with E-state index in [0.29, 0.717) is 5.92 Å². The molecule has 0 radical (unpaired) electrons. The molecule has 102 valence electrons. The maximum Gasteiger partial charge on any atom is 0.148 e. The fourth-order valence-corrected chi connectivity index (χ4v) is 2.76. The standard InChI is InChI=1S/C15H21N3S/c1-10(2)8-16-9-14-17-18-15(19-14)13-7-11(3)5-6-12(13)4/h5-7,10,16H,8-9H2,1-4H3. The summed E-state index contributed by atoms with van der Waals surface area (Å²) in [6.45, 7) is 10.4. The first-order chi connectivity index (χ1) is 9.06. The monoisotopic (exact) mass is 275 g/mol. The van der Waals surface area contributed by atoms with Gasteiger partial charge in [-0.1, -0.05) is 42.9 Å². The first kappa shape index (κ1) is 14.2. The van der Waals surface area contributed by atoms with Crippen LogP contribution in [0.1, 0.15) is 30.0 Å². The Morgan fingerprint density at radius 3 is 2.74 bits per heavy atom. The third-order valence-corrected chi connectivity index (χ3v) is 3.88. The summed E-state index contributed by atoms with van der Waals surface area (Å²) < 4.78 is 0. The van der Waals surface area contributed by atoms with Crippen molar-refractivity contribution in [2.24, 2.45) is 5.92 Å². The molecule has 0 fully saturated rings. The highest BCUT2D eigenvalue weighted by Crippen LogP contribution is 2.27. The van der Waals surface area contributed by atoms with Crippen LogP contribution in [0.25, 0.3) is 10.6 Å². The number of benzene rings is 1. The number of nitrogens with one attached hydrogen (secondary N) is 1. The summed E-state index contributed by atoms with van der Waals surface area (Å²) in [7, 11) is 0. The third-order valence-electron chi connectivity index (χ3n) is 2.92. The molecule has 0 bridgehead atoms. The Labute approximate surface area is 119 Å². The van der Waals surface area contributed by atoms with E-state index in [-0.39, 0.29) is 0 Å². The average Bonchev–Trinajstić information content (AvgIpc) is 2.80. The molecule has 0 spiro atoms. The first-order valence-corrected chi connectivity index (χ1v) is 7.48. The average molecular weight is 275 g/mol. The Balaban J connectivity index is 2.10. The van der Waals surface area contributed by atoms with Gasteiger partial charge < -0.3 is 5.32 Å². The van der Waals surface area contributed by atoms with Crippen molar-refractivity contribution < 1.29 is 0 Å². The van der Waals surface area contributed by atoms with Crippen molar-refractivity contribution in [1.82, 2.24) is 15.5 Å². The molecule has 0 aliphatic heterocycles. The van der Waals surface area contributed by atoms with Crippen LogP contribution < -0.4 is 5.32 Å². The number of hydrogen-bond acceptors (Lipinski definition) is 4. The lowest BCUT2D eigenvalue weighted by molar-refractivity contribution is 0.550. The van der Waals surface area contributed by atoms with E-state index in [1.165, 1.54) is 16.7 Å². The van der Waals surface area contributed by atoms with E-state index in [2.05, 4.69) is 61.4 Å². The summed E-state index contributed by atoms with van der Waals surface area (Å²) in [5.74, 6) is 0.659. The van der Waals surface area contributed by atoms with Gasteiger partial charge in [-0.2, -0.15) is 0 Å². The molecule has 1 aromatic carbocycles. The second-order valence-corrected chi connectivity index (χ2v) is 6.41. The molecule has 1 N–H and O–H groups in total. The van der Waals surface area contributed by atoms with E-state index in [4.69, 9.17) is 0 Å². The van der Waals surface area contributed by atoms with Gasteiger partial charge >= 0.3 is 0 Å². The highest BCUT2D eigenvalue weighted by Gasteiger charge is 2.09. The largest absolute Gasteiger partial charge is 0.310 e. The van der Waals surface area contributed by atoms with E-state index >= 15 is 0 Å². The van der Waals surface area contributed by atoms with Gasteiger partial charge in [0.05, 0.1) is 0 Å². The van der Waals surface area contributed by atoms with E-state index < -0.39 is 0 Å². The fraction of sp³-hybridized carbons (Fsp3) is 0.467. The highest BCUT2D eigenvalue weighted by molar-refractivity contribution is 7.14. The zero-order valence-corrected chi connectivity index (χ0v) is 12.8. The zero-order chi connectivity index (χ0) is 13.8. The Morgan fingerprint density at radius 2 is 2.00 bits per heavy atom. The smallest absolute Gasteiger partial charge is 0.148 e. The Morgan fingerprint density at radius 1 is 1.21 bits per heavy atom. The molecule has 1 heterocycles. The second kappa shape index (κ2) is 6.26. The molecule has 1 aromatic heterocycles. The van der Waals surface area contributed by atoms with Gasteiger partial charge in [0, 0.05) is 12.1 Å². The van der Waals surface area contributed by atoms with Gasteiger partial charge in [0.25, 0.3) is 0 Å². The number of nitrogens with zero attached hydrogens (tertiary/aromatic N) is 2. The lowest BCUT2D eigenvalue weighted by Crippen LogP contribution is -2.18. The molecule has 0 aliphatic rings. The topological polar surface area (TPSA) is 37.8 Å². The van der Waals surface area contributed by atoms with Crippen LogP contribution in [-0.2, 0) is 6.54 Å². The van der Waals surface area contributed by atoms with E-state index in [1.54, 1.807) is 11.3 Å². The van der Waals surface area contributed by atoms with E-state index in [1.807, 2.05) is 0 Å². The molecule has 3 nitrogen and oxygen atoms in total. The molecule has 0 saturated heterocycles. The quantitative estimate of drug-likeness (QED) is 0.906. The molecule has 0 atom stereocenters. The maximum absolute atomic E-state index is 4.31. The maximum atomic E-state index is 4.31. The van der Waals surface area contributed by atoms with Gasteiger partial charge in [-0.25, -0.2) is 0 Å². The SMILES string of the molecule is Cc1ccc(C)c(-c2nnc(CNCC(C)C)s2)c1. The predicted molar refractivity (Wildman–Crippen MR) is 81.4 cm³/mol. The second-order valence-electron chi connectivity index (χ2n) is 5.34. The first-order valence-electron chi connectivity index (χ1n) is 6.67. The van der Waals surface area contributed by atoms with Crippen LogP contribution >= 0.6 is 11.3 Å². The van der Waals surface area contributed by atoms with Gasteiger partial charge in [-0.3, -0.25) is 0 Å². The molecular weight excluding hydrogens is 254 g/mol. The summed E-state index contributed by atoms with van der Waals surface area (Å²) >= 11 is 1.68. The van der Waals surface area contributed by atoms with E-state index in [0.717, 1.165) is 23.1 Å². The normalized spacial score (nSPS) is 11.2. The van der Waals surface area contributed by atoms with Crippen molar-refractivity contribution in [2.75, 3.05) is 6.54 Å². The van der Waals surface area contributed by atoms with Crippen molar-refractivity contribution in [3.05, 3.63) is 34.3 Å². The fourth-order valence-electron chi connectivity index (χ4n) is 1.87.